The maximum Gasteiger partial charge on any atom is 0.121 e. The second-order valence-corrected chi connectivity index (χ2v) is 6.55. The van der Waals surface area contributed by atoms with Gasteiger partial charge in [-0.05, 0) is 60.6 Å². The molecule has 0 saturated carbocycles. The molecule has 2 nitrogen and oxygen atoms in total. The first-order chi connectivity index (χ1) is 9.61. The number of rotatable bonds is 0. The predicted molar refractivity (Wildman–Crippen MR) is 89.1 cm³/mol. The summed E-state index contributed by atoms with van der Waals surface area (Å²) in [5, 5.41) is 18.4. The lowest BCUT2D eigenvalue weighted by molar-refractivity contribution is 0.465. The number of phenols is 2. The van der Waals surface area contributed by atoms with Crippen molar-refractivity contribution in [1.29, 1.82) is 0 Å². The van der Waals surface area contributed by atoms with Crippen molar-refractivity contribution in [1.82, 2.24) is 0 Å². The van der Waals surface area contributed by atoms with Gasteiger partial charge in [0.15, 0.2) is 0 Å². The Labute approximate surface area is 128 Å². The minimum Gasteiger partial charge on any atom is -0.508 e. The highest BCUT2D eigenvalue weighted by molar-refractivity contribution is 5.44. The molecule has 0 aliphatic heterocycles. The quantitative estimate of drug-likeness (QED) is 0.715. The monoisotopic (exact) mass is 286 g/mol. The summed E-state index contributed by atoms with van der Waals surface area (Å²) in [4.78, 5) is 0. The Morgan fingerprint density at radius 3 is 1.67 bits per heavy atom. The zero-order chi connectivity index (χ0) is 16.2. The third-order valence-electron chi connectivity index (χ3n) is 3.36. The Morgan fingerprint density at radius 2 is 1.33 bits per heavy atom. The third-order valence-corrected chi connectivity index (χ3v) is 3.36. The first-order valence-corrected chi connectivity index (χ1v) is 7.17. The summed E-state index contributed by atoms with van der Waals surface area (Å²) in [5.74, 6) is 0.762. The first-order valence-electron chi connectivity index (χ1n) is 7.17. The fourth-order valence-corrected chi connectivity index (χ4v) is 2.02. The largest absolute Gasteiger partial charge is 0.508 e. The average molecular weight is 286 g/mol. The van der Waals surface area contributed by atoms with Gasteiger partial charge in [0.05, 0.1) is 0 Å². The summed E-state index contributed by atoms with van der Waals surface area (Å²) in [7, 11) is 0. The van der Waals surface area contributed by atoms with E-state index in [2.05, 4.69) is 32.9 Å². The molecule has 2 N–H and O–H groups in total. The van der Waals surface area contributed by atoms with Crippen LogP contribution in [0.4, 0.5) is 0 Å². The van der Waals surface area contributed by atoms with Crippen LogP contribution < -0.4 is 0 Å². The number of aromatic hydroxyl groups is 2. The van der Waals surface area contributed by atoms with E-state index in [4.69, 9.17) is 5.11 Å². The Balaban J connectivity index is 0.000000235. The number of aryl methyl sites for hydroxylation is 3. The van der Waals surface area contributed by atoms with Gasteiger partial charge in [0.25, 0.3) is 0 Å². The Bertz CT molecular complexity index is 567. The Kier molecular flexibility index (Phi) is 5.42. The molecule has 0 bridgehead atoms. The molecule has 0 amide bonds. The molecule has 0 fully saturated rings. The van der Waals surface area contributed by atoms with Crippen molar-refractivity contribution in [2.75, 3.05) is 0 Å². The van der Waals surface area contributed by atoms with E-state index in [1.807, 2.05) is 32.9 Å². The van der Waals surface area contributed by atoms with Gasteiger partial charge < -0.3 is 10.2 Å². The van der Waals surface area contributed by atoms with Crippen molar-refractivity contribution in [3.8, 4) is 11.5 Å². The van der Waals surface area contributed by atoms with Crippen LogP contribution >= 0.6 is 0 Å². The molecule has 2 aromatic carbocycles. The molecule has 0 radical (unpaired) electrons. The topological polar surface area (TPSA) is 40.5 Å². The molecule has 0 aliphatic rings. The smallest absolute Gasteiger partial charge is 0.121 e. The van der Waals surface area contributed by atoms with Crippen LogP contribution in [-0.2, 0) is 5.41 Å². The standard InChI is InChI=1S/C12H18O.C7H8O/c1-8-6-10(12(3,4)5)7-9(2)11(8)13;1-6-3-2-4-7(8)5-6/h6-7,13H,1-5H3;2-5,8H,1H3. The lowest BCUT2D eigenvalue weighted by Crippen LogP contribution is -2.11. The molecular formula is C19H26O2. The average Bonchev–Trinajstić information content (AvgIpc) is 2.34. The maximum absolute atomic E-state index is 9.60. The van der Waals surface area contributed by atoms with Gasteiger partial charge in [0.1, 0.15) is 11.5 Å². The second kappa shape index (κ2) is 6.66. The van der Waals surface area contributed by atoms with E-state index < -0.39 is 0 Å². The van der Waals surface area contributed by atoms with Gasteiger partial charge >= 0.3 is 0 Å². The zero-order valence-corrected chi connectivity index (χ0v) is 13.9. The van der Waals surface area contributed by atoms with E-state index in [0.717, 1.165) is 16.7 Å². The van der Waals surface area contributed by atoms with Gasteiger partial charge in [-0.1, -0.05) is 45.0 Å². The molecule has 0 aliphatic carbocycles. The van der Waals surface area contributed by atoms with Crippen molar-refractivity contribution in [3.05, 3.63) is 58.7 Å². The summed E-state index contributed by atoms with van der Waals surface area (Å²) in [5.41, 5.74) is 4.45. The summed E-state index contributed by atoms with van der Waals surface area (Å²) in [6.45, 7) is 12.4. The molecule has 2 aromatic rings. The van der Waals surface area contributed by atoms with Crippen molar-refractivity contribution >= 4 is 0 Å². The highest BCUT2D eigenvalue weighted by atomic mass is 16.3. The number of hydrogen-bond donors (Lipinski definition) is 2. The van der Waals surface area contributed by atoms with Crippen LogP contribution in [-0.4, -0.2) is 10.2 Å². The molecule has 21 heavy (non-hydrogen) atoms. The van der Waals surface area contributed by atoms with Gasteiger partial charge in [0, 0.05) is 0 Å². The van der Waals surface area contributed by atoms with Crippen LogP contribution in [0, 0.1) is 20.8 Å². The SMILES string of the molecule is Cc1cc(C(C)(C)C)cc(C)c1O.Cc1cccc(O)c1. The fourth-order valence-electron chi connectivity index (χ4n) is 2.02. The fraction of sp³-hybridized carbons (Fsp3) is 0.368. The third kappa shape index (κ3) is 5.14. The van der Waals surface area contributed by atoms with Gasteiger partial charge in [-0.2, -0.15) is 0 Å². The molecule has 114 valence electrons. The van der Waals surface area contributed by atoms with Crippen LogP contribution in [0.25, 0.3) is 0 Å². The molecule has 0 saturated heterocycles. The molecule has 0 heterocycles. The highest BCUT2D eigenvalue weighted by Crippen LogP contribution is 2.29. The van der Waals surface area contributed by atoms with Gasteiger partial charge in [-0.25, -0.2) is 0 Å². The van der Waals surface area contributed by atoms with E-state index in [9.17, 15) is 5.11 Å². The van der Waals surface area contributed by atoms with Crippen LogP contribution in [0.1, 0.15) is 43.0 Å². The van der Waals surface area contributed by atoms with Gasteiger partial charge in [-0.3, -0.25) is 0 Å². The maximum atomic E-state index is 9.60. The summed E-state index contributed by atoms with van der Waals surface area (Å²) < 4.78 is 0. The minimum atomic E-state index is 0.156. The van der Waals surface area contributed by atoms with Crippen molar-refractivity contribution < 1.29 is 10.2 Å². The number of phenolic OH excluding ortho intramolecular Hbond substituents is 2. The molecule has 2 heteroatoms. The van der Waals surface area contributed by atoms with Crippen LogP contribution in [0.2, 0.25) is 0 Å². The van der Waals surface area contributed by atoms with Crippen molar-refractivity contribution in [2.45, 2.75) is 47.0 Å². The predicted octanol–water partition coefficient (Wildman–Crippen LogP) is 5.01. The Hall–Kier alpha value is -1.96. The first kappa shape index (κ1) is 17.1. The van der Waals surface area contributed by atoms with E-state index in [-0.39, 0.29) is 5.41 Å². The van der Waals surface area contributed by atoms with Crippen LogP contribution in [0.15, 0.2) is 36.4 Å². The molecular weight excluding hydrogens is 260 g/mol. The molecule has 0 aromatic heterocycles. The van der Waals surface area contributed by atoms with E-state index >= 15 is 0 Å². The van der Waals surface area contributed by atoms with Crippen molar-refractivity contribution in [3.63, 3.8) is 0 Å². The minimum absolute atomic E-state index is 0.156. The second-order valence-electron chi connectivity index (χ2n) is 6.55. The highest BCUT2D eigenvalue weighted by Gasteiger charge is 2.15. The van der Waals surface area contributed by atoms with Crippen LogP contribution in [0.3, 0.4) is 0 Å². The summed E-state index contributed by atoms with van der Waals surface area (Å²) >= 11 is 0. The van der Waals surface area contributed by atoms with E-state index in [1.54, 1.807) is 12.1 Å². The molecule has 0 spiro atoms. The number of hydrogen-bond acceptors (Lipinski definition) is 2. The Morgan fingerprint density at radius 1 is 0.810 bits per heavy atom. The van der Waals surface area contributed by atoms with Crippen molar-refractivity contribution in [2.24, 2.45) is 0 Å². The van der Waals surface area contributed by atoms with E-state index in [1.165, 1.54) is 5.56 Å². The van der Waals surface area contributed by atoms with Gasteiger partial charge in [0.2, 0.25) is 0 Å². The normalized spacial score (nSPS) is 10.8. The summed E-state index contributed by atoms with van der Waals surface area (Å²) in [6.07, 6.45) is 0. The summed E-state index contributed by atoms with van der Waals surface area (Å²) in [6, 6.07) is 11.3. The lowest BCUT2D eigenvalue weighted by atomic mass is 9.85. The number of benzene rings is 2. The van der Waals surface area contributed by atoms with Gasteiger partial charge in [-0.15, -0.1) is 0 Å². The van der Waals surface area contributed by atoms with Crippen LogP contribution in [0.5, 0.6) is 11.5 Å². The molecule has 2 rings (SSSR count). The molecule has 0 unspecified atom stereocenters. The van der Waals surface area contributed by atoms with E-state index in [0.29, 0.717) is 11.5 Å². The lowest BCUT2D eigenvalue weighted by Gasteiger charge is -2.20. The zero-order valence-electron chi connectivity index (χ0n) is 13.9. The molecule has 0 atom stereocenters.